The maximum absolute atomic E-state index is 12.2. The van der Waals surface area contributed by atoms with E-state index in [1.165, 1.54) is 0 Å². The van der Waals surface area contributed by atoms with Gasteiger partial charge in [0.25, 0.3) is 0 Å². The van der Waals surface area contributed by atoms with E-state index in [4.69, 9.17) is 28.9 Å². The molecule has 6 heteroatoms. The number of nitrogen functional groups attached to an aromatic ring is 1. The number of amides is 1. The van der Waals surface area contributed by atoms with Crippen molar-refractivity contribution in [3.05, 3.63) is 63.6 Å². The van der Waals surface area contributed by atoms with E-state index in [2.05, 4.69) is 5.32 Å². The maximum Gasteiger partial charge on any atom is 0.223 e. The zero-order valence-electron chi connectivity index (χ0n) is 13.0. The van der Waals surface area contributed by atoms with Gasteiger partial charge >= 0.3 is 0 Å². The average Bonchev–Trinajstić information content (AvgIpc) is 3.29. The van der Waals surface area contributed by atoms with Crippen molar-refractivity contribution < 1.29 is 4.79 Å². The smallest absolute Gasteiger partial charge is 0.223 e. The Balaban J connectivity index is 0.00000208. The van der Waals surface area contributed by atoms with Crippen LogP contribution in [0.5, 0.6) is 0 Å². The molecule has 0 aliphatic heterocycles. The van der Waals surface area contributed by atoms with Crippen LogP contribution < -0.4 is 11.1 Å². The molecule has 3 N–H and O–H groups in total. The first-order chi connectivity index (χ1) is 11.0. The molecule has 3 nitrogen and oxygen atoms in total. The molecule has 24 heavy (non-hydrogen) atoms. The van der Waals surface area contributed by atoms with Crippen LogP contribution in [0.1, 0.15) is 23.5 Å². The van der Waals surface area contributed by atoms with Crippen LogP contribution in [-0.4, -0.2) is 12.5 Å². The summed E-state index contributed by atoms with van der Waals surface area (Å²) in [4.78, 5) is 12.2. The van der Waals surface area contributed by atoms with Gasteiger partial charge in [0, 0.05) is 28.2 Å². The number of hydrogen-bond donors (Lipinski definition) is 2. The fourth-order valence-corrected chi connectivity index (χ4v) is 3.33. The minimum Gasteiger partial charge on any atom is -0.399 e. The fraction of sp³-hybridized carbons (Fsp3) is 0.278. The topological polar surface area (TPSA) is 55.1 Å². The zero-order valence-corrected chi connectivity index (χ0v) is 15.3. The SMILES string of the molecule is Cl.Nc1ccc(CCNC(=O)C2CC2c2cc(Cl)cc(Cl)c2)cc1. The summed E-state index contributed by atoms with van der Waals surface area (Å²) in [6.07, 6.45) is 1.65. The highest BCUT2D eigenvalue weighted by Crippen LogP contribution is 2.48. The molecule has 128 valence electrons. The van der Waals surface area contributed by atoms with Crippen molar-refractivity contribution >= 4 is 47.2 Å². The molecular weight excluding hydrogens is 367 g/mol. The van der Waals surface area contributed by atoms with Gasteiger partial charge in [0.15, 0.2) is 0 Å². The van der Waals surface area contributed by atoms with Crippen LogP contribution in [0.4, 0.5) is 5.69 Å². The first-order valence-corrected chi connectivity index (χ1v) is 8.36. The van der Waals surface area contributed by atoms with E-state index in [-0.39, 0.29) is 30.2 Å². The normalized spacial score (nSPS) is 18.6. The lowest BCUT2D eigenvalue weighted by molar-refractivity contribution is -0.122. The quantitative estimate of drug-likeness (QED) is 0.747. The summed E-state index contributed by atoms with van der Waals surface area (Å²) in [5.41, 5.74) is 8.61. The van der Waals surface area contributed by atoms with E-state index in [1.807, 2.05) is 36.4 Å². The minimum atomic E-state index is 0. The summed E-state index contributed by atoms with van der Waals surface area (Å²) in [5, 5.41) is 4.23. The molecule has 2 unspecified atom stereocenters. The molecule has 0 radical (unpaired) electrons. The molecule has 1 aliphatic rings. The van der Waals surface area contributed by atoms with Crippen molar-refractivity contribution in [2.24, 2.45) is 5.92 Å². The van der Waals surface area contributed by atoms with Crippen LogP contribution in [-0.2, 0) is 11.2 Å². The summed E-state index contributed by atoms with van der Waals surface area (Å²) in [6.45, 7) is 0.627. The Morgan fingerprint density at radius 1 is 1.12 bits per heavy atom. The third-order valence-electron chi connectivity index (χ3n) is 4.13. The number of carbonyl (C=O) groups is 1. The van der Waals surface area contributed by atoms with Gasteiger partial charge in [-0.05, 0) is 60.2 Å². The highest BCUT2D eigenvalue weighted by atomic mass is 35.5. The number of rotatable bonds is 5. The summed E-state index contributed by atoms with van der Waals surface area (Å²) in [6, 6.07) is 13.2. The van der Waals surface area contributed by atoms with Gasteiger partial charge < -0.3 is 11.1 Å². The molecule has 2 atom stereocenters. The van der Waals surface area contributed by atoms with Gasteiger partial charge in [-0.15, -0.1) is 12.4 Å². The monoisotopic (exact) mass is 384 g/mol. The maximum atomic E-state index is 12.2. The van der Waals surface area contributed by atoms with Crippen molar-refractivity contribution in [2.45, 2.75) is 18.8 Å². The number of nitrogens with one attached hydrogen (secondary N) is 1. The van der Waals surface area contributed by atoms with E-state index in [9.17, 15) is 4.79 Å². The van der Waals surface area contributed by atoms with Gasteiger partial charge in [0.2, 0.25) is 5.91 Å². The van der Waals surface area contributed by atoms with Crippen molar-refractivity contribution in [3.63, 3.8) is 0 Å². The Morgan fingerprint density at radius 3 is 2.38 bits per heavy atom. The molecule has 0 aromatic heterocycles. The third kappa shape index (κ3) is 4.79. The van der Waals surface area contributed by atoms with Crippen molar-refractivity contribution in [2.75, 3.05) is 12.3 Å². The first kappa shape index (κ1) is 18.9. The van der Waals surface area contributed by atoms with E-state index in [0.29, 0.717) is 16.6 Å². The van der Waals surface area contributed by atoms with E-state index in [0.717, 1.165) is 29.7 Å². The lowest BCUT2D eigenvalue weighted by Gasteiger charge is -2.06. The number of halogens is 3. The number of carbonyl (C=O) groups excluding carboxylic acids is 1. The Hall–Kier alpha value is -1.42. The van der Waals surface area contributed by atoms with Crippen LogP contribution in [0.25, 0.3) is 0 Å². The second-order valence-corrected chi connectivity index (χ2v) is 6.81. The standard InChI is InChI=1S/C18H18Cl2N2O.ClH/c19-13-7-12(8-14(20)9-13)16-10-17(16)18(23)22-6-5-11-1-3-15(21)4-2-11;/h1-4,7-9,16-17H,5-6,10,21H2,(H,22,23);1H. The minimum absolute atomic E-state index is 0. The van der Waals surface area contributed by atoms with E-state index in [1.54, 1.807) is 6.07 Å². The lowest BCUT2D eigenvalue weighted by Crippen LogP contribution is -2.27. The van der Waals surface area contributed by atoms with Crippen LogP contribution in [0.3, 0.4) is 0 Å². The molecule has 0 saturated heterocycles. The molecule has 1 aliphatic carbocycles. The summed E-state index contributed by atoms with van der Waals surface area (Å²) in [5.74, 6) is 0.347. The fourth-order valence-electron chi connectivity index (χ4n) is 2.79. The zero-order chi connectivity index (χ0) is 16.4. The summed E-state index contributed by atoms with van der Waals surface area (Å²) in [7, 11) is 0. The van der Waals surface area contributed by atoms with Gasteiger partial charge in [0.1, 0.15) is 0 Å². The molecule has 0 bridgehead atoms. The lowest BCUT2D eigenvalue weighted by atomic mass is 10.1. The molecular formula is C18H19Cl3N2O. The molecule has 1 saturated carbocycles. The second-order valence-electron chi connectivity index (χ2n) is 5.93. The number of hydrogen-bond acceptors (Lipinski definition) is 2. The first-order valence-electron chi connectivity index (χ1n) is 7.61. The Labute approximate surface area is 157 Å². The Morgan fingerprint density at radius 2 is 1.75 bits per heavy atom. The van der Waals surface area contributed by atoms with Crippen LogP contribution >= 0.6 is 35.6 Å². The van der Waals surface area contributed by atoms with E-state index >= 15 is 0 Å². The Kier molecular flexibility index (Phi) is 6.39. The average molecular weight is 386 g/mol. The van der Waals surface area contributed by atoms with E-state index < -0.39 is 0 Å². The molecule has 3 rings (SSSR count). The van der Waals surface area contributed by atoms with Gasteiger partial charge in [0.05, 0.1) is 0 Å². The Bertz CT molecular complexity index is 698. The van der Waals surface area contributed by atoms with Gasteiger partial charge in [-0.25, -0.2) is 0 Å². The molecule has 1 fully saturated rings. The molecule has 1 amide bonds. The van der Waals surface area contributed by atoms with Crippen LogP contribution in [0.15, 0.2) is 42.5 Å². The van der Waals surface area contributed by atoms with Crippen LogP contribution in [0.2, 0.25) is 10.0 Å². The highest BCUT2D eigenvalue weighted by molar-refractivity contribution is 6.34. The molecule has 0 heterocycles. The van der Waals surface area contributed by atoms with Crippen molar-refractivity contribution in [1.29, 1.82) is 0 Å². The van der Waals surface area contributed by atoms with Crippen LogP contribution in [0, 0.1) is 5.92 Å². The molecule has 2 aromatic carbocycles. The third-order valence-corrected chi connectivity index (χ3v) is 4.57. The van der Waals surface area contributed by atoms with Gasteiger partial charge in [-0.1, -0.05) is 35.3 Å². The van der Waals surface area contributed by atoms with Crippen molar-refractivity contribution in [1.82, 2.24) is 5.32 Å². The number of benzene rings is 2. The number of nitrogens with two attached hydrogens (primary N) is 1. The molecule has 2 aromatic rings. The van der Waals surface area contributed by atoms with Gasteiger partial charge in [-0.3, -0.25) is 4.79 Å². The largest absolute Gasteiger partial charge is 0.399 e. The van der Waals surface area contributed by atoms with Gasteiger partial charge in [-0.2, -0.15) is 0 Å². The van der Waals surface area contributed by atoms with Crippen molar-refractivity contribution in [3.8, 4) is 0 Å². The molecule has 0 spiro atoms. The predicted molar refractivity (Wildman–Crippen MR) is 102 cm³/mol. The second kappa shape index (κ2) is 8.11. The summed E-state index contributed by atoms with van der Waals surface area (Å²) < 4.78 is 0. The number of anilines is 1. The summed E-state index contributed by atoms with van der Waals surface area (Å²) >= 11 is 12.0. The highest BCUT2D eigenvalue weighted by Gasteiger charge is 2.43. The predicted octanol–water partition coefficient (Wildman–Crippen LogP) is 4.46.